The van der Waals surface area contributed by atoms with Crippen LogP contribution in [-0.2, 0) is 6.54 Å². The first-order valence-electron chi connectivity index (χ1n) is 6.71. The fourth-order valence-corrected chi connectivity index (χ4v) is 2.92. The van der Waals surface area contributed by atoms with Crippen LogP contribution in [0.25, 0.3) is 0 Å². The van der Waals surface area contributed by atoms with Gasteiger partial charge in [0.25, 0.3) is 5.56 Å². The van der Waals surface area contributed by atoms with Crippen molar-refractivity contribution >= 4 is 11.8 Å². The van der Waals surface area contributed by atoms with Crippen LogP contribution in [0.2, 0.25) is 0 Å². The van der Waals surface area contributed by atoms with Gasteiger partial charge in [0, 0.05) is 19.2 Å². The van der Waals surface area contributed by atoms with E-state index in [1.807, 2.05) is 6.26 Å². The Balaban J connectivity index is 1.92. The molecule has 1 aromatic rings. The van der Waals surface area contributed by atoms with Gasteiger partial charge >= 0.3 is 0 Å². The van der Waals surface area contributed by atoms with E-state index < -0.39 is 0 Å². The van der Waals surface area contributed by atoms with Gasteiger partial charge in [0.05, 0.1) is 5.69 Å². The van der Waals surface area contributed by atoms with Crippen molar-refractivity contribution in [1.29, 1.82) is 0 Å². The minimum Gasteiger partial charge on any atom is -0.317 e. The summed E-state index contributed by atoms with van der Waals surface area (Å²) >= 11 is 1.47. The number of hydrogen-bond donors (Lipinski definition) is 2. The molecule has 1 aliphatic heterocycles. The Morgan fingerprint density at radius 3 is 2.89 bits per heavy atom. The van der Waals surface area contributed by atoms with Gasteiger partial charge in [-0.05, 0) is 45.2 Å². The molecule has 6 heteroatoms. The molecule has 5 nitrogen and oxygen atoms in total. The molecule has 1 saturated heterocycles. The second-order valence-corrected chi connectivity index (χ2v) is 5.93. The van der Waals surface area contributed by atoms with E-state index in [1.54, 1.807) is 6.07 Å². The maximum absolute atomic E-state index is 11.5. The summed E-state index contributed by atoms with van der Waals surface area (Å²) in [6.07, 6.45) is 4.40. The molecule has 0 saturated carbocycles. The molecule has 0 aromatic carbocycles. The molecule has 0 radical (unpaired) electrons. The molecule has 2 heterocycles. The van der Waals surface area contributed by atoms with Gasteiger partial charge in [-0.15, -0.1) is 0 Å². The Morgan fingerprint density at radius 1 is 1.47 bits per heavy atom. The van der Waals surface area contributed by atoms with Crippen LogP contribution in [0.1, 0.15) is 18.5 Å². The summed E-state index contributed by atoms with van der Waals surface area (Å²) in [5.41, 5.74) is 0.786. The summed E-state index contributed by atoms with van der Waals surface area (Å²) in [6.45, 7) is 4.06. The van der Waals surface area contributed by atoms with Crippen LogP contribution in [0.4, 0.5) is 0 Å². The second-order valence-electron chi connectivity index (χ2n) is 5.14. The van der Waals surface area contributed by atoms with Crippen molar-refractivity contribution in [2.45, 2.75) is 24.5 Å². The highest BCUT2D eigenvalue weighted by Crippen LogP contribution is 2.14. The third kappa shape index (κ3) is 4.63. The monoisotopic (exact) mass is 282 g/mol. The van der Waals surface area contributed by atoms with Gasteiger partial charge in [-0.1, -0.05) is 11.8 Å². The largest absolute Gasteiger partial charge is 0.317 e. The molecule has 1 aliphatic rings. The van der Waals surface area contributed by atoms with Crippen molar-refractivity contribution in [3.63, 3.8) is 0 Å². The van der Waals surface area contributed by atoms with Gasteiger partial charge in [0.2, 0.25) is 0 Å². The average molecular weight is 282 g/mol. The van der Waals surface area contributed by atoms with Crippen molar-refractivity contribution in [3.8, 4) is 0 Å². The number of aromatic nitrogens is 2. The molecule has 1 aromatic heterocycles. The minimum atomic E-state index is -0.0652. The van der Waals surface area contributed by atoms with Crippen molar-refractivity contribution < 1.29 is 0 Å². The number of piperidine rings is 1. The Morgan fingerprint density at radius 2 is 2.21 bits per heavy atom. The van der Waals surface area contributed by atoms with E-state index in [-0.39, 0.29) is 5.56 Å². The summed E-state index contributed by atoms with van der Waals surface area (Å²) in [4.78, 5) is 20.9. The van der Waals surface area contributed by atoms with Crippen molar-refractivity contribution in [2.24, 2.45) is 5.92 Å². The lowest BCUT2D eigenvalue weighted by Crippen LogP contribution is -2.34. The lowest BCUT2D eigenvalue weighted by molar-refractivity contribution is 0.232. The van der Waals surface area contributed by atoms with E-state index in [0.717, 1.165) is 37.8 Å². The third-order valence-electron chi connectivity index (χ3n) is 3.43. The topological polar surface area (TPSA) is 61.0 Å². The lowest BCUT2D eigenvalue weighted by atomic mass is 9.98. The highest BCUT2D eigenvalue weighted by atomic mass is 32.2. The highest BCUT2D eigenvalue weighted by Gasteiger charge is 2.15. The fraction of sp³-hybridized carbons (Fsp3) is 0.692. The molecular formula is C13H22N4OS. The van der Waals surface area contributed by atoms with Gasteiger partial charge < -0.3 is 15.2 Å². The van der Waals surface area contributed by atoms with E-state index in [9.17, 15) is 4.79 Å². The maximum atomic E-state index is 11.5. The van der Waals surface area contributed by atoms with Crippen molar-refractivity contribution in [1.82, 2.24) is 20.2 Å². The molecule has 0 unspecified atom stereocenters. The summed E-state index contributed by atoms with van der Waals surface area (Å²) < 4.78 is 0. The Labute approximate surface area is 118 Å². The van der Waals surface area contributed by atoms with Crippen molar-refractivity contribution in [2.75, 3.05) is 32.9 Å². The maximum Gasteiger partial charge on any atom is 0.251 e. The lowest BCUT2D eigenvalue weighted by Gasteiger charge is -2.27. The number of thioether (sulfide) groups is 1. The van der Waals surface area contributed by atoms with Gasteiger partial charge in [0.15, 0.2) is 5.16 Å². The van der Waals surface area contributed by atoms with Gasteiger partial charge in [0.1, 0.15) is 0 Å². The number of aromatic amines is 1. The zero-order chi connectivity index (χ0) is 13.7. The zero-order valence-electron chi connectivity index (χ0n) is 11.6. The SMILES string of the molecule is CSc1nc(CN(C)CC2CCNCC2)cc(=O)[nH]1. The molecular weight excluding hydrogens is 260 g/mol. The second kappa shape index (κ2) is 7.07. The first-order valence-corrected chi connectivity index (χ1v) is 7.93. The molecule has 0 atom stereocenters. The van der Waals surface area contributed by atoms with E-state index in [2.05, 4.69) is 27.2 Å². The molecule has 1 fully saturated rings. The van der Waals surface area contributed by atoms with Crippen LogP contribution in [0, 0.1) is 5.92 Å². The normalized spacial score (nSPS) is 17.0. The molecule has 0 aliphatic carbocycles. The smallest absolute Gasteiger partial charge is 0.251 e. The van der Waals surface area contributed by atoms with E-state index in [0.29, 0.717) is 5.16 Å². The molecule has 2 rings (SSSR count). The summed E-state index contributed by atoms with van der Waals surface area (Å²) in [5, 5.41) is 4.07. The van der Waals surface area contributed by atoms with E-state index in [1.165, 1.54) is 24.6 Å². The quantitative estimate of drug-likeness (QED) is 0.621. The number of hydrogen-bond acceptors (Lipinski definition) is 5. The summed E-state index contributed by atoms with van der Waals surface area (Å²) in [7, 11) is 2.10. The van der Waals surface area contributed by atoms with E-state index >= 15 is 0 Å². The molecule has 2 N–H and O–H groups in total. The average Bonchev–Trinajstić information content (AvgIpc) is 2.38. The molecule has 0 bridgehead atoms. The van der Waals surface area contributed by atoms with Crippen LogP contribution >= 0.6 is 11.8 Å². The number of nitrogens with zero attached hydrogens (tertiary/aromatic N) is 2. The van der Waals surface area contributed by atoms with Crippen LogP contribution in [-0.4, -0.2) is 47.8 Å². The fourth-order valence-electron chi connectivity index (χ4n) is 2.51. The standard InChI is InChI=1S/C13H22N4OS/c1-17(8-10-3-5-14-6-4-10)9-11-7-12(18)16-13(15-11)19-2/h7,10,14H,3-6,8-9H2,1-2H3,(H,15,16,18). The van der Waals surface area contributed by atoms with Gasteiger partial charge in [-0.2, -0.15) is 0 Å². The van der Waals surface area contributed by atoms with Crippen LogP contribution in [0.5, 0.6) is 0 Å². The zero-order valence-corrected chi connectivity index (χ0v) is 12.4. The number of rotatable bonds is 5. The van der Waals surface area contributed by atoms with Crippen LogP contribution in [0.15, 0.2) is 16.0 Å². The van der Waals surface area contributed by atoms with Crippen LogP contribution in [0.3, 0.4) is 0 Å². The predicted octanol–water partition coefficient (Wildman–Crippen LogP) is 0.923. The summed E-state index contributed by atoms with van der Waals surface area (Å²) in [6, 6.07) is 1.60. The molecule has 106 valence electrons. The van der Waals surface area contributed by atoms with Crippen LogP contribution < -0.4 is 10.9 Å². The third-order valence-corrected chi connectivity index (χ3v) is 4.01. The molecule has 19 heavy (non-hydrogen) atoms. The highest BCUT2D eigenvalue weighted by molar-refractivity contribution is 7.98. The van der Waals surface area contributed by atoms with Gasteiger partial charge in [-0.25, -0.2) is 4.98 Å². The number of nitrogens with one attached hydrogen (secondary N) is 2. The Bertz CT molecular complexity index is 456. The summed E-state index contributed by atoms with van der Waals surface area (Å²) in [5.74, 6) is 0.758. The minimum absolute atomic E-state index is 0.0652. The Hall–Kier alpha value is -0.850. The molecule has 0 spiro atoms. The number of H-pyrrole nitrogens is 1. The van der Waals surface area contributed by atoms with Gasteiger partial charge in [-0.3, -0.25) is 4.79 Å². The predicted molar refractivity (Wildman–Crippen MR) is 78.6 cm³/mol. The first-order chi connectivity index (χ1) is 9.17. The van der Waals surface area contributed by atoms with Crippen molar-refractivity contribution in [3.05, 3.63) is 22.1 Å². The Kier molecular flexibility index (Phi) is 5.42. The molecule has 0 amide bonds. The first kappa shape index (κ1) is 14.6. The van der Waals surface area contributed by atoms with E-state index in [4.69, 9.17) is 0 Å².